The van der Waals surface area contributed by atoms with Crippen LogP contribution in [-0.2, 0) is 14.2 Å². The van der Waals surface area contributed by atoms with Gasteiger partial charge in [0.05, 0.1) is 18.3 Å². The van der Waals surface area contributed by atoms with E-state index in [-0.39, 0.29) is 24.2 Å². The molecule has 3 unspecified atom stereocenters. The fraction of sp³-hybridized carbons (Fsp3) is 1.00. The summed E-state index contributed by atoms with van der Waals surface area (Å²) in [6, 6.07) is 0. The molecule has 0 N–H and O–H groups in total. The molecule has 3 nitrogen and oxygen atoms in total. The molecule has 0 aliphatic rings. The Morgan fingerprint density at radius 2 is 0.895 bits per heavy atom. The number of hydrogen-bond donors (Lipinski definition) is 0. The topological polar surface area (TPSA) is 27.7 Å². The van der Waals surface area contributed by atoms with Crippen LogP contribution in [0.4, 0.5) is 0 Å². The number of hydrogen-bond acceptors (Lipinski definition) is 3. The van der Waals surface area contributed by atoms with Gasteiger partial charge in [0.15, 0.2) is 0 Å². The minimum absolute atomic E-state index is 0.121. The van der Waals surface area contributed by atoms with Gasteiger partial charge in [-0.1, -0.05) is 34.6 Å². The maximum atomic E-state index is 6.15. The van der Waals surface area contributed by atoms with Crippen LogP contribution >= 0.6 is 0 Å². The number of rotatable bonds is 10. The highest BCUT2D eigenvalue weighted by molar-refractivity contribution is 4.69. The van der Waals surface area contributed by atoms with Crippen LogP contribution in [0.5, 0.6) is 0 Å². The molecule has 0 aromatic rings. The third kappa shape index (κ3) is 6.24. The molecular formula is C16H34O3. The first-order valence-corrected chi connectivity index (χ1v) is 7.84. The second-order valence-electron chi connectivity index (χ2n) is 5.77. The summed E-state index contributed by atoms with van der Waals surface area (Å²) in [6.07, 6.45) is 3.20. The largest absolute Gasteiger partial charge is 0.324 e. The standard InChI is InChI=1S/C16H34O3/c1-9-13(6)17-16(12(4)5,18-14(7)10-2)19-15(8)11-3/h12-15H,9-11H2,1-8H3. The van der Waals surface area contributed by atoms with Crippen molar-refractivity contribution in [2.24, 2.45) is 5.92 Å². The van der Waals surface area contributed by atoms with Crippen molar-refractivity contribution in [2.75, 3.05) is 0 Å². The zero-order valence-corrected chi connectivity index (χ0v) is 14.2. The van der Waals surface area contributed by atoms with Crippen LogP contribution in [0.25, 0.3) is 0 Å². The SMILES string of the molecule is CCC(C)OC(OC(C)CC)(OC(C)CC)C(C)C. The van der Waals surface area contributed by atoms with Crippen molar-refractivity contribution in [3.8, 4) is 0 Å². The Morgan fingerprint density at radius 3 is 1.05 bits per heavy atom. The van der Waals surface area contributed by atoms with Gasteiger partial charge in [0.2, 0.25) is 0 Å². The highest BCUT2D eigenvalue weighted by Gasteiger charge is 2.41. The van der Waals surface area contributed by atoms with Gasteiger partial charge in [-0.2, -0.15) is 0 Å². The van der Waals surface area contributed by atoms with Crippen LogP contribution in [0.1, 0.15) is 74.7 Å². The normalized spacial score (nSPS) is 20.1. The van der Waals surface area contributed by atoms with Crippen molar-refractivity contribution in [1.29, 1.82) is 0 Å². The zero-order valence-electron chi connectivity index (χ0n) is 14.2. The quantitative estimate of drug-likeness (QED) is 0.538. The Hall–Kier alpha value is -0.120. The number of ether oxygens (including phenoxy) is 3. The molecule has 0 spiro atoms. The summed E-state index contributed by atoms with van der Waals surface area (Å²) >= 11 is 0. The molecule has 19 heavy (non-hydrogen) atoms. The van der Waals surface area contributed by atoms with E-state index in [9.17, 15) is 0 Å². The van der Waals surface area contributed by atoms with Crippen molar-refractivity contribution in [3.05, 3.63) is 0 Å². The second-order valence-corrected chi connectivity index (χ2v) is 5.77. The van der Waals surface area contributed by atoms with Gasteiger partial charge in [0.1, 0.15) is 0 Å². The first kappa shape index (κ1) is 18.9. The minimum atomic E-state index is -0.930. The second kappa shape index (κ2) is 8.93. The van der Waals surface area contributed by atoms with E-state index in [0.717, 1.165) is 19.3 Å². The highest BCUT2D eigenvalue weighted by Crippen LogP contribution is 2.31. The van der Waals surface area contributed by atoms with Crippen molar-refractivity contribution in [2.45, 2.75) is 98.9 Å². The Kier molecular flexibility index (Phi) is 8.88. The van der Waals surface area contributed by atoms with Gasteiger partial charge in [-0.05, 0) is 40.0 Å². The molecule has 116 valence electrons. The lowest BCUT2D eigenvalue weighted by Gasteiger charge is -2.41. The van der Waals surface area contributed by atoms with Gasteiger partial charge in [0.25, 0.3) is 5.97 Å². The lowest BCUT2D eigenvalue weighted by molar-refractivity contribution is -0.432. The first-order chi connectivity index (χ1) is 8.81. The van der Waals surface area contributed by atoms with Crippen molar-refractivity contribution >= 4 is 0 Å². The lowest BCUT2D eigenvalue weighted by atomic mass is 10.1. The zero-order chi connectivity index (χ0) is 15.1. The van der Waals surface area contributed by atoms with Crippen LogP contribution < -0.4 is 0 Å². The third-order valence-electron chi connectivity index (χ3n) is 3.53. The molecular weight excluding hydrogens is 240 g/mol. The Morgan fingerprint density at radius 1 is 0.632 bits per heavy atom. The maximum absolute atomic E-state index is 6.15. The molecule has 0 amide bonds. The summed E-state index contributed by atoms with van der Waals surface area (Å²) in [4.78, 5) is 0. The summed E-state index contributed by atoms with van der Waals surface area (Å²) in [5.74, 6) is -0.787. The van der Waals surface area contributed by atoms with E-state index in [1.165, 1.54) is 0 Å². The van der Waals surface area contributed by atoms with E-state index in [1.54, 1.807) is 0 Å². The fourth-order valence-corrected chi connectivity index (χ4v) is 1.58. The van der Waals surface area contributed by atoms with E-state index < -0.39 is 5.97 Å². The van der Waals surface area contributed by atoms with Gasteiger partial charge < -0.3 is 14.2 Å². The van der Waals surface area contributed by atoms with Crippen LogP contribution in [0, 0.1) is 5.92 Å². The highest BCUT2D eigenvalue weighted by atomic mass is 16.9. The van der Waals surface area contributed by atoms with E-state index in [4.69, 9.17) is 14.2 Å². The Bertz CT molecular complexity index is 197. The Labute approximate surface area is 120 Å². The average Bonchev–Trinajstić information content (AvgIpc) is 2.37. The van der Waals surface area contributed by atoms with Gasteiger partial charge in [-0.3, -0.25) is 0 Å². The molecule has 0 aromatic carbocycles. The van der Waals surface area contributed by atoms with Gasteiger partial charge >= 0.3 is 0 Å². The molecule has 0 saturated carbocycles. The summed E-state index contributed by atoms with van der Waals surface area (Å²) in [7, 11) is 0. The van der Waals surface area contributed by atoms with Gasteiger partial charge in [-0.15, -0.1) is 0 Å². The monoisotopic (exact) mass is 274 g/mol. The summed E-state index contributed by atoms with van der Waals surface area (Å²) in [5.41, 5.74) is 0. The van der Waals surface area contributed by atoms with E-state index >= 15 is 0 Å². The lowest BCUT2D eigenvalue weighted by Crippen LogP contribution is -2.49. The van der Waals surface area contributed by atoms with Crippen molar-refractivity contribution < 1.29 is 14.2 Å². The molecule has 0 heterocycles. The summed E-state index contributed by atoms with van der Waals surface area (Å²) in [6.45, 7) is 16.7. The van der Waals surface area contributed by atoms with Crippen molar-refractivity contribution in [1.82, 2.24) is 0 Å². The molecule has 0 fully saturated rings. The molecule has 0 aliphatic heterocycles. The molecule has 0 saturated heterocycles. The van der Waals surface area contributed by atoms with E-state index in [1.807, 2.05) is 0 Å². The van der Waals surface area contributed by atoms with Gasteiger partial charge in [0, 0.05) is 5.92 Å². The van der Waals surface area contributed by atoms with Crippen LogP contribution in [0.2, 0.25) is 0 Å². The van der Waals surface area contributed by atoms with E-state index in [2.05, 4.69) is 55.4 Å². The predicted molar refractivity (Wildman–Crippen MR) is 80.1 cm³/mol. The molecule has 0 bridgehead atoms. The van der Waals surface area contributed by atoms with E-state index in [0.29, 0.717) is 0 Å². The smallest absolute Gasteiger partial charge is 0.286 e. The molecule has 0 rings (SSSR count). The van der Waals surface area contributed by atoms with Crippen LogP contribution in [0.15, 0.2) is 0 Å². The summed E-state index contributed by atoms with van der Waals surface area (Å²) < 4.78 is 18.4. The van der Waals surface area contributed by atoms with Crippen molar-refractivity contribution in [3.63, 3.8) is 0 Å². The summed E-state index contributed by atoms with van der Waals surface area (Å²) in [5, 5.41) is 0. The molecule has 0 radical (unpaired) electrons. The fourth-order valence-electron chi connectivity index (χ4n) is 1.58. The molecule has 3 heteroatoms. The average molecular weight is 274 g/mol. The Balaban J connectivity index is 5.09. The van der Waals surface area contributed by atoms with Gasteiger partial charge in [-0.25, -0.2) is 0 Å². The molecule has 0 aliphatic carbocycles. The molecule has 0 aromatic heterocycles. The minimum Gasteiger partial charge on any atom is -0.324 e. The molecule has 3 atom stereocenters. The maximum Gasteiger partial charge on any atom is 0.286 e. The van der Waals surface area contributed by atoms with Crippen LogP contribution in [0.3, 0.4) is 0 Å². The predicted octanol–water partition coefficient (Wildman–Crippen LogP) is 4.74. The first-order valence-electron chi connectivity index (χ1n) is 7.84. The van der Waals surface area contributed by atoms with Crippen LogP contribution in [-0.4, -0.2) is 24.3 Å². The third-order valence-corrected chi connectivity index (χ3v) is 3.53.